The van der Waals surface area contributed by atoms with Crippen LogP contribution in [0.15, 0.2) is 23.2 Å². The van der Waals surface area contributed by atoms with Crippen LogP contribution >= 0.6 is 24.0 Å². The van der Waals surface area contributed by atoms with Crippen LogP contribution in [0.5, 0.6) is 5.75 Å². The van der Waals surface area contributed by atoms with Crippen molar-refractivity contribution in [2.24, 2.45) is 4.99 Å². The van der Waals surface area contributed by atoms with Gasteiger partial charge in [-0.05, 0) is 69.8 Å². The summed E-state index contributed by atoms with van der Waals surface area (Å²) in [7, 11) is 1.73. The zero-order valence-electron chi connectivity index (χ0n) is 17.0. The molecule has 0 aromatic heterocycles. The molecule has 5 nitrogen and oxygen atoms in total. The lowest BCUT2D eigenvalue weighted by Gasteiger charge is -2.25. The number of aliphatic imine (C=N–C) groups is 1. The minimum Gasteiger partial charge on any atom is -0.496 e. The summed E-state index contributed by atoms with van der Waals surface area (Å²) < 4.78 is 5.43. The van der Waals surface area contributed by atoms with Gasteiger partial charge in [-0.1, -0.05) is 12.1 Å². The fraction of sp³-hybridized carbons (Fsp3) is 0.667. The number of ether oxygens (including phenoxy) is 1. The summed E-state index contributed by atoms with van der Waals surface area (Å²) in [5, 5.41) is 3.49. The van der Waals surface area contributed by atoms with Crippen LogP contribution in [0.1, 0.15) is 37.3 Å². The SMILES string of the molecule is CCNC(=NCCc1ccc(C)c(OC)c1)N1CCC(N2CCCC2)C1.I. The number of benzene rings is 1. The number of halogens is 1. The van der Waals surface area contributed by atoms with Crippen molar-refractivity contribution < 1.29 is 4.74 Å². The van der Waals surface area contributed by atoms with Crippen LogP contribution in [0.4, 0.5) is 0 Å². The Morgan fingerprint density at radius 1 is 1.26 bits per heavy atom. The molecule has 1 aromatic rings. The molecule has 0 amide bonds. The normalized spacial score (nSPS) is 20.6. The van der Waals surface area contributed by atoms with Crippen molar-refractivity contribution in [3.8, 4) is 5.75 Å². The lowest BCUT2D eigenvalue weighted by Crippen LogP contribution is -2.42. The van der Waals surface area contributed by atoms with Gasteiger partial charge in [-0.15, -0.1) is 24.0 Å². The smallest absolute Gasteiger partial charge is 0.193 e. The van der Waals surface area contributed by atoms with Crippen LogP contribution in [0.2, 0.25) is 0 Å². The number of nitrogens with one attached hydrogen (secondary N) is 1. The van der Waals surface area contributed by atoms with E-state index in [2.05, 4.69) is 47.2 Å². The second kappa shape index (κ2) is 11.1. The fourth-order valence-corrected chi connectivity index (χ4v) is 4.08. The Bertz CT molecular complexity index is 616. The molecule has 1 atom stereocenters. The van der Waals surface area contributed by atoms with Crippen LogP contribution < -0.4 is 10.1 Å². The second-order valence-corrected chi connectivity index (χ2v) is 7.42. The lowest BCUT2D eigenvalue weighted by atomic mass is 10.1. The first-order chi connectivity index (χ1) is 12.7. The minimum absolute atomic E-state index is 0. The summed E-state index contributed by atoms with van der Waals surface area (Å²) in [4.78, 5) is 10.0. The molecule has 2 aliphatic rings. The Labute approximate surface area is 181 Å². The fourth-order valence-electron chi connectivity index (χ4n) is 4.08. The Hall–Kier alpha value is -1.02. The van der Waals surface area contributed by atoms with Crippen molar-refractivity contribution in [3.05, 3.63) is 29.3 Å². The van der Waals surface area contributed by atoms with Gasteiger partial charge in [-0.3, -0.25) is 9.89 Å². The van der Waals surface area contributed by atoms with Gasteiger partial charge in [-0.2, -0.15) is 0 Å². The first-order valence-electron chi connectivity index (χ1n) is 10.1. The first kappa shape index (κ1) is 22.3. The predicted octanol–water partition coefficient (Wildman–Crippen LogP) is 3.30. The van der Waals surface area contributed by atoms with Gasteiger partial charge in [-0.25, -0.2) is 0 Å². The molecule has 1 aromatic carbocycles. The van der Waals surface area contributed by atoms with Gasteiger partial charge in [0.15, 0.2) is 5.96 Å². The van der Waals surface area contributed by atoms with Gasteiger partial charge in [0, 0.05) is 32.2 Å². The summed E-state index contributed by atoms with van der Waals surface area (Å²) >= 11 is 0. The Balaban J connectivity index is 0.00000261. The molecule has 2 heterocycles. The van der Waals surface area contributed by atoms with E-state index in [4.69, 9.17) is 9.73 Å². The monoisotopic (exact) mass is 486 g/mol. The minimum atomic E-state index is 0. The zero-order chi connectivity index (χ0) is 18.4. The molecule has 0 bridgehead atoms. The number of methoxy groups -OCH3 is 1. The molecule has 0 spiro atoms. The maximum Gasteiger partial charge on any atom is 0.193 e. The highest BCUT2D eigenvalue weighted by Gasteiger charge is 2.30. The van der Waals surface area contributed by atoms with E-state index in [0.29, 0.717) is 6.04 Å². The third-order valence-corrected chi connectivity index (χ3v) is 5.59. The van der Waals surface area contributed by atoms with Crippen molar-refractivity contribution in [3.63, 3.8) is 0 Å². The van der Waals surface area contributed by atoms with Gasteiger partial charge in [0.05, 0.1) is 7.11 Å². The van der Waals surface area contributed by atoms with Gasteiger partial charge in [0.2, 0.25) is 0 Å². The first-order valence-corrected chi connectivity index (χ1v) is 10.1. The van der Waals surface area contributed by atoms with E-state index in [-0.39, 0.29) is 24.0 Å². The number of rotatable bonds is 6. The third-order valence-electron chi connectivity index (χ3n) is 5.59. The van der Waals surface area contributed by atoms with E-state index in [0.717, 1.165) is 44.3 Å². The largest absolute Gasteiger partial charge is 0.496 e. The molecule has 6 heteroatoms. The van der Waals surface area contributed by atoms with Crippen molar-refractivity contribution in [2.45, 2.75) is 45.6 Å². The van der Waals surface area contributed by atoms with Crippen LogP contribution in [-0.2, 0) is 6.42 Å². The van der Waals surface area contributed by atoms with E-state index in [1.165, 1.54) is 43.5 Å². The molecule has 2 fully saturated rings. The summed E-state index contributed by atoms with van der Waals surface area (Å²) in [6, 6.07) is 7.16. The number of hydrogen-bond acceptors (Lipinski definition) is 3. The molecule has 0 radical (unpaired) electrons. The van der Waals surface area contributed by atoms with Gasteiger partial charge < -0.3 is 15.0 Å². The van der Waals surface area contributed by atoms with Crippen molar-refractivity contribution in [2.75, 3.05) is 46.4 Å². The van der Waals surface area contributed by atoms with Crippen LogP contribution in [0.3, 0.4) is 0 Å². The molecule has 2 aliphatic heterocycles. The number of likely N-dealkylation sites (tertiary alicyclic amines) is 2. The summed E-state index contributed by atoms with van der Waals surface area (Å²) in [6.45, 7) is 10.7. The standard InChI is InChI=1S/C21H34N4O.HI/c1-4-22-21(25-14-10-19(16-25)24-12-5-6-13-24)23-11-9-18-8-7-17(2)20(15-18)26-3;/h7-8,15,19H,4-6,9-14,16H2,1-3H3,(H,22,23);1H. The molecule has 0 aliphatic carbocycles. The van der Waals surface area contributed by atoms with Crippen molar-refractivity contribution in [1.29, 1.82) is 0 Å². The van der Waals surface area contributed by atoms with Crippen LogP contribution in [-0.4, -0.2) is 68.2 Å². The molecule has 1 unspecified atom stereocenters. The van der Waals surface area contributed by atoms with E-state index >= 15 is 0 Å². The van der Waals surface area contributed by atoms with E-state index < -0.39 is 0 Å². The average Bonchev–Trinajstić information content (AvgIpc) is 3.34. The van der Waals surface area contributed by atoms with E-state index in [1.54, 1.807) is 7.11 Å². The molecule has 152 valence electrons. The lowest BCUT2D eigenvalue weighted by molar-refractivity contribution is 0.249. The third kappa shape index (κ3) is 5.98. The Morgan fingerprint density at radius 3 is 2.74 bits per heavy atom. The maximum atomic E-state index is 5.43. The highest BCUT2D eigenvalue weighted by molar-refractivity contribution is 14.0. The summed E-state index contributed by atoms with van der Waals surface area (Å²) in [5.74, 6) is 2.04. The van der Waals surface area contributed by atoms with E-state index in [1.807, 2.05) is 0 Å². The van der Waals surface area contributed by atoms with E-state index in [9.17, 15) is 0 Å². The van der Waals surface area contributed by atoms with Crippen LogP contribution in [0, 0.1) is 6.92 Å². The Morgan fingerprint density at radius 2 is 2.04 bits per heavy atom. The predicted molar refractivity (Wildman–Crippen MR) is 124 cm³/mol. The summed E-state index contributed by atoms with van der Waals surface area (Å²) in [6.07, 6.45) is 4.93. The topological polar surface area (TPSA) is 40.1 Å². The molecule has 1 N–H and O–H groups in total. The zero-order valence-corrected chi connectivity index (χ0v) is 19.4. The molecule has 2 saturated heterocycles. The Kier molecular flexibility index (Phi) is 9.15. The highest BCUT2D eigenvalue weighted by atomic mass is 127. The van der Waals surface area contributed by atoms with Crippen molar-refractivity contribution >= 4 is 29.9 Å². The average molecular weight is 486 g/mol. The number of hydrogen-bond donors (Lipinski definition) is 1. The van der Waals surface area contributed by atoms with Crippen LogP contribution in [0.25, 0.3) is 0 Å². The molecular weight excluding hydrogens is 451 g/mol. The number of guanidine groups is 1. The molecule has 27 heavy (non-hydrogen) atoms. The summed E-state index contributed by atoms with van der Waals surface area (Å²) in [5.41, 5.74) is 2.46. The van der Waals surface area contributed by atoms with Gasteiger partial charge in [0.25, 0.3) is 0 Å². The highest BCUT2D eigenvalue weighted by Crippen LogP contribution is 2.21. The number of nitrogens with zero attached hydrogens (tertiary/aromatic N) is 3. The quantitative estimate of drug-likeness (QED) is 0.381. The second-order valence-electron chi connectivity index (χ2n) is 7.42. The van der Waals surface area contributed by atoms with Gasteiger partial charge >= 0.3 is 0 Å². The maximum absolute atomic E-state index is 5.43. The molecule has 3 rings (SSSR count). The number of aryl methyl sites for hydroxylation is 1. The molecule has 0 saturated carbocycles. The molecular formula is C21H35IN4O. The van der Waals surface area contributed by atoms with Gasteiger partial charge in [0.1, 0.15) is 5.75 Å². The van der Waals surface area contributed by atoms with Crippen molar-refractivity contribution in [1.82, 2.24) is 15.1 Å².